The zero-order valence-electron chi connectivity index (χ0n) is 8.94. The second-order valence-corrected chi connectivity index (χ2v) is 4.48. The van der Waals surface area contributed by atoms with Crippen molar-refractivity contribution >= 4 is 16.8 Å². The summed E-state index contributed by atoms with van der Waals surface area (Å²) < 4.78 is 0. The Morgan fingerprint density at radius 1 is 1.27 bits per heavy atom. The highest BCUT2D eigenvalue weighted by Crippen LogP contribution is 2.22. The molecule has 80 valence electrons. The minimum absolute atomic E-state index is 0.338. The van der Waals surface area contributed by atoms with Crippen LogP contribution in [0.5, 0.6) is 0 Å². The standard InChI is InChI=1S/C11H15N3S/c1-15-11(9(7-12)8-13)14-10-5-3-2-4-6-10/h9-10H,2-6H2,1H3. The van der Waals surface area contributed by atoms with E-state index in [1.807, 2.05) is 18.4 Å². The lowest BCUT2D eigenvalue weighted by molar-refractivity contribution is 0.443. The van der Waals surface area contributed by atoms with E-state index in [1.165, 1.54) is 31.0 Å². The van der Waals surface area contributed by atoms with Crippen molar-refractivity contribution < 1.29 is 0 Å². The first kappa shape index (κ1) is 12.1. The van der Waals surface area contributed by atoms with Crippen LogP contribution < -0.4 is 0 Å². The van der Waals surface area contributed by atoms with E-state index in [9.17, 15) is 0 Å². The molecule has 3 nitrogen and oxygen atoms in total. The summed E-state index contributed by atoms with van der Waals surface area (Å²) in [6.45, 7) is 0. The minimum atomic E-state index is -0.679. The number of hydrogen-bond acceptors (Lipinski definition) is 4. The molecule has 1 fully saturated rings. The van der Waals surface area contributed by atoms with Crippen LogP contribution in [0.4, 0.5) is 0 Å². The third kappa shape index (κ3) is 3.57. The van der Waals surface area contributed by atoms with Gasteiger partial charge in [-0.05, 0) is 19.1 Å². The number of hydrogen-bond donors (Lipinski definition) is 0. The summed E-state index contributed by atoms with van der Waals surface area (Å²) in [6, 6.07) is 4.30. The van der Waals surface area contributed by atoms with Crippen molar-refractivity contribution in [3.8, 4) is 12.1 Å². The SMILES string of the molecule is CSC(=NC1CCCCC1)C(C#N)C#N. The van der Waals surface area contributed by atoms with Crippen molar-refractivity contribution in [2.75, 3.05) is 6.26 Å². The molecule has 4 heteroatoms. The lowest BCUT2D eigenvalue weighted by Gasteiger charge is -2.18. The Morgan fingerprint density at radius 3 is 2.33 bits per heavy atom. The largest absolute Gasteiger partial charge is 0.277 e. The first-order chi connectivity index (χ1) is 7.31. The fourth-order valence-corrected chi connectivity index (χ4v) is 2.37. The van der Waals surface area contributed by atoms with Crippen LogP contribution in [0.15, 0.2) is 4.99 Å². The van der Waals surface area contributed by atoms with Gasteiger partial charge in [0.05, 0.1) is 23.2 Å². The number of nitrogens with zero attached hydrogens (tertiary/aromatic N) is 3. The van der Waals surface area contributed by atoms with Crippen molar-refractivity contribution in [1.82, 2.24) is 0 Å². The molecule has 0 aromatic heterocycles. The summed E-state index contributed by atoms with van der Waals surface area (Å²) in [4.78, 5) is 4.53. The molecule has 1 rings (SSSR count). The first-order valence-corrected chi connectivity index (χ1v) is 6.45. The van der Waals surface area contributed by atoms with Gasteiger partial charge >= 0.3 is 0 Å². The third-order valence-electron chi connectivity index (χ3n) is 2.60. The Kier molecular flexibility index (Phi) is 5.21. The topological polar surface area (TPSA) is 59.9 Å². The van der Waals surface area contributed by atoms with Gasteiger partial charge in [-0.3, -0.25) is 4.99 Å². The van der Waals surface area contributed by atoms with Gasteiger partial charge in [0.2, 0.25) is 0 Å². The van der Waals surface area contributed by atoms with Gasteiger partial charge < -0.3 is 0 Å². The zero-order chi connectivity index (χ0) is 11.1. The number of thioether (sulfide) groups is 1. The maximum absolute atomic E-state index is 8.79. The molecule has 0 radical (unpaired) electrons. The van der Waals surface area contributed by atoms with Gasteiger partial charge in [0.15, 0.2) is 5.92 Å². The highest BCUT2D eigenvalue weighted by molar-refractivity contribution is 8.13. The maximum atomic E-state index is 8.79. The highest BCUT2D eigenvalue weighted by atomic mass is 32.2. The second-order valence-electron chi connectivity index (χ2n) is 3.65. The molecule has 0 aromatic carbocycles. The van der Waals surface area contributed by atoms with Crippen LogP contribution in [-0.2, 0) is 0 Å². The second kappa shape index (κ2) is 6.48. The average Bonchev–Trinajstić information content (AvgIpc) is 2.30. The van der Waals surface area contributed by atoms with Gasteiger partial charge in [-0.1, -0.05) is 19.3 Å². The molecule has 1 aliphatic carbocycles. The molecule has 0 saturated heterocycles. The summed E-state index contributed by atoms with van der Waals surface area (Å²) in [6.07, 6.45) is 7.82. The lowest BCUT2D eigenvalue weighted by Crippen LogP contribution is -2.15. The van der Waals surface area contributed by atoms with Crippen LogP contribution in [0.25, 0.3) is 0 Å². The van der Waals surface area contributed by atoms with Crippen molar-refractivity contribution in [3.05, 3.63) is 0 Å². The molecule has 0 aliphatic heterocycles. The van der Waals surface area contributed by atoms with E-state index in [0.717, 1.165) is 12.8 Å². The van der Waals surface area contributed by atoms with Crippen LogP contribution >= 0.6 is 11.8 Å². The van der Waals surface area contributed by atoms with Crippen molar-refractivity contribution in [2.24, 2.45) is 10.9 Å². The van der Waals surface area contributed by atoms with Crippen LogP contribution in [0.2, 0.25) is 0 Å². The van der Waals surface area contributed by atoms with Crippen molar-refractivity contribution in [1.29, 1.82) is 10.5 Å². The number of aliphatic imine (C=N–C) groups is 1. The maximum Gasteiger partial charge on any atom is 0.180 e. The quantitative estimate of drug-likeness (QED) is 0.532. The Labute approximate surface area is 95.2 Å². The first-order valence-electron chi connectivity index (χ1n) is 5.22. The number of rotatable bonds is 2. The van der Waals surface area contributed by atoms with E-state index in [0.29, 0.717) is 11.1 Å². The van der Waals surface area contributed by atoms with Crippen LogP contribution in [0.3, 0.4) is 0 Å². The molecule has 0 atom stereocenters. The van der Waals surface area contributed by atoms with Gasteiger partial charge in [0.25, 0.3) is 0 Å². The highest BCUT2D eigenvalue weighted by Gasteiger charge is 2.18. The predicted octanol–water partition coefficient (Wildman–Crippen LogP) is 2.74. The summed E-state index contributed by atoms with van der Waals surface area (Å²) in [5.74, 6) is -0.679. The van der Waals surface area contributed by atoms with E-state index >= 15 is 0 Å². The molecule has 15 heavy (non-hydrogen) atoms. The molecule has 0 unspecified atom stereocenters. The minimum Gasteiger partial charge on any atom is -0.277 e. The summed E-state index contributed by atoms with van der Waals surface area (Å²) >= 11 is 1.43. The number of nitriles is 2. The third-order valence-corrected chi connectivity index (χ3v) is 3.36. The molecule has 0 heterocycles. The van der Waals surface area contributed by atoms with E-state index < -0.39 is 5.92 Å². The van der Waals surface area contributed by atoms with Crippen molar-refractivity contribution in [3.63, 3.8) is 0 Å². The summed E-state index contributed by atoms with van der Waals surface area (Å²) in [5, 5.41) is 18.3. The average molecular weight is 221 g/mol. The zero-order valence-corrected chi connectivity index (χ0v) is 9.76. The Bertz CT molecular complexity index is 291. The fraction of sp³-hybridized carbons (Fsp3) is 0.727. The molecule has 0 N–H and O–H groups in total. The van der Waals surface area contributed by atoms with Gasteiger partial charge in [0, 0.05) is 0 Å². The van der Waals surface area contributed by atoms with E-state index in [2.05, 4.69) is 4.99 Å². The van der Waals surface area contributed by atoms with E-state index in [-0.39, 0.29) is 0 Å². The predicted molar refractivity (Wildman–Crippen MR) is 62.5 cm³/mol. The van der Waals surface area contributed by atoms with Gasteiger partial charge in [-0.15, -0.1) is 11.8 Å². The molecule has 0 amide bonds. The molecule has 0 spiro atoms. The smallest absolute Gasteiger partial charge is 0.180 e. The molecular formula is C11H15N3S. The fourth-order valence-electron chi connectivity index (χ4n) is 1.77. The summed E-state index contributed by atoms with van der Waals surface area (Å²) in [7, 11) is 0. The molecular weight excluding hydrogens is 206 g/mol. The van der Waals surface area contributed by atoms with Gasteiger partial charge in [0.1, 0.15) is 0 Å². The Morgan fingerprint density at radius 2 is 1.87 bits per heavy atom. The van der Waals surface area contributed by atoms with E-state index in [4.69, 9.17) is 10.5 Å². The normalized spacial score (nSPS) is 18.5. The summed E-state index contributed by atoms with van der Waals surface area (Å²) in [5.41, 5.74) is 0. The Hall–Kier alpha value is -1.00. The van der Waals surface area contributed by atoms with Crippen molar-refractivity contribution in [2.45, 2.75) is 38.1 Å². The monoisotopic (exact) mass is 221 g/mol. The van der Waals surface area contributed by atoms with Gasteiger partial charge in [-0.25, -0.2) is 0 Å². The lowest BCUT2D eigenvalue weighted by atomic mass is 9.96. The van der Waals surface area contributed by atoms with Crippen LogP contribution in [0, 0.1) is 28.6 Å². The Balaban J connectivity index is 2.68. The van der Waals surface area contributed by atoms with Crippen LogP contribution in [0.1, 0.15) is 32.1 Å². The molecule has 1 aliphatic rings. The molecule has 0 aromatic rings. The molecule has 1 saturated carbocycles. The van der Waals surface area contributed by atoms with E-state index in [1.54, 1.807) is 0 Å². The van der Waals surface area contributed by atoms with Crippen LogP contribution in [-0.4, -0.2) is 17.3 Å². The molecule has 0 bridgehead atoms. The van der Waals surface area contributed by atoms with Gasteiger partial charge in [-0.2, -0.15) is 10.5 Å².